The molecule has 1 aromatic carbocycles. The summed E-state index contributed by atoms with van der Waals surface area (Å²) in [7, 11) is -2.02. The molecule has 0 spiro atoms. The van der Waals surface area contributed by atoms with Crippen molar-refractivity contribution in [3.8, 4) is 0 Å². The second-order valence-corrected chi connectivity index (χ2v) is 7.07. The summed E-state index contributed by atoms with van der Waals surface area (Å²) in [6, 6.07) is 3.26. The Morgan fingerprint density at radius 3 is 2.63 bits per heavy atom. The molecule has 0 fully saturated rings. The van der Waals surface area contributed by atoms with Crippen LogP contribution in [-0.4, -0.2) is 39.5 Å². The van der Waals surface area contributed by atoms with Crippen LogP contribution in [0.15, 0.2) is 21.5 Å². The zero-order valence-electron chi connectivity index (χ0n) is 11.3. The zero-order valence-corrected chi connectivity index (χ0v) is 13.7. The molecule has 1 aromatic rings. The van der Waals surface area contributed by atoms with Gasteiger partial charge in [-0.2, -0.15) is 4.31 Å². The summed E-state index contributed by atoms with van der Waals surface area (Å²) in [6.07, 6.45) is 0. The van der Waals surface area contributed by atoms with Crippen LogP contribution in [0.25, 0.3) is 0 Å². The summed E-state index contributed by atoms with van der Waals surface area (Å²) in [6.45, 7) is 4.81. The van der Waals surface area contributed by atoms with Gasteiger partial charge in [-0.05, 0) is 31.5 Å². The molecule has 5 nitrogen and oxygen atoms in total. The van der Waals surface area contributed by atoms with Crippen molar-refractivity contribution in [2.75, 3.05) is 32.5 Å². The van der Waals surface area contributed by atoms with Gasteiger partial charge in [0, 0.05) is 30.4 Å². The smallest absolute Gasteiger partial charge is 0.243 e. The van der Waals surface area contributed by atoms with E-state index in [0.717, 1.165) is 0 Å². The van der Waals surface area contributed by atoms with Crippen molar-refractivity contribution in [2.45, 2.75) is 18.7 Å². The predicted molar refractivity (Wildman–Crippen MR) is 79.6 cm³/mol. The third-order valence-electron chi connectivity index (χ3n) is 2.81. The van der Waals surface area contributed by atoms with Gasteiger partial charge in [0.05, 0.1) is 11.5 Å². The maximum atomic E-state index is 12.4. The highest BCUT2D eigenvalue weighted by molar-refractivity contribution is 9.10. The van der Waals surface area contributed by atoms with Crippen LogP contribution in [0.4, 0.5) is 5.69 Å². The maximum Gasteiger partial charge on any atom is 0.243 e. The third kappa shape index (κ3) is 3.92. The Labute approximate surface area is 122 Å². The first-order valence-electron chi connectivity index (χ1n) is 5.90. The van der Waals surface area contributed by atoms with Crippen LogP contribution in [0, 0.1) is 6.92 Å². The first-order valence-corrected chi connectivity index (χ1v) is 8.13. The number of hydrogen-bond donors (Lipinski definition) is 1. The van der Waals surface area contributed by atoms with Crippen LogP contribution in [0.2, 0.25) is 0 Å². The van der Waals surface area contributed by atoms with Crippen LogP contribution in [-0.2, 0) is 14.8 Å². The van der Waals surface area contributed by atoms with E-state index in [1.54, 1.807) is 19.1 Å². The first kappa shape index (κ1) is 16.4. The normalized spacial score (nSPS) is 12.1. The van der Waals surface area contributed by atoms with Gasteiger partial charge in [-0.25, -0.2) is 8.42 Å². The number of hydrogen-bond acceptors (Lipinski definition) is 4. The van der Waals surface area contributed by atoms with Crippen molar-refractivity contribution in [2.24, 2.45) is 0 Å². The lowest BCUT2D eigenvalue weighted by molar-refractivity contribution is 0.138. The van der Waals surface area contributed by atoms with E-state index in [-0.39, 0.29) is 4.90 Å². The van der Waals surface area contributed by atoms with E-state index in [1.165, 1.54) is 11.4 Å². The van der Waals surface area contributed by atoms with Gasteiger partial charge in [0.1, 0.15) is 0 Å². The lowest BCUT2D eigenvalue weighted by atomic mass is 10.2. The van der Waals surface area contributed by atoms with E-state index >= 15 is 0 Å². The molecule has 0 aliphatic carbocycles. The summed E-state index contributed by atoms with van der Waals surface area (Å²) in [5.41, 5.74) is 6.81. The van der Waals surface area contributed by atoms with E-state index in [4.69, 9.17) is 10.5 Å². The quantitative estimate of drug-likeness (QED) is 0.629. The SMILES string of the molecule is CCOCCN(C)S(=O)(=O)c1cc(Br)cc(N)c1C. The summed E-state index contributed by atoms with van der Waals surface area (Å²) >= 11 is 3.26. The number of halogens is 1. The minimum atomic E-state index is -3.55. The number of ether oxygens (including phenoxy) is 1. The Balaban J connectivity index is 3.06. The number of benzene rings is 1. The molecular formula is C12H19BrN2O3S. The lowest BCUT2D eigenvalue weighted by Crippen LogP contribution is -2.31. The van der Waals surface area contributed by atoms with Crippen LogP contribution >= 0.6 is 15.9 Å². The molecule has 1 rings (SSSR count). The summed E-state index contributed by atoms with van der Waals surface area (Å²) < 4.78 is 32.0. The number of anilines is 1. The molecule has 0 heterocycles. The second kappa shape index (κ2) is 6.69. The zero-order chi connectivity index (χ0) is 14.6. The topological polar surface area (TPSA) is 72.6 Å². The van der Waals surface area contributed by atoms with Crippen molar-refractivity contribution in [3.63, 3.8) is 0 Å². The molecule has 0 aliphatic rings. The van der Waals surface area contributed by atoms with Crippen LogP contribution in [0.3, 0.4) is 0 Å². The van der Waals surface area contributed by atoms with Gasteiger partial charge < -0.3 is 10.5 Å². The van der Waals surface area contributed by atoms with Crippen molar-refractivity contribution in [1.29, 1.82) is 0 Å². The molecule has 0 saturated heterocycles. The van der Waals surface area contributed by atoms with E-state index < -0.39 is 10.0 Å². The fraction of sp³-hybridized carbons (Fsp3) is 0.500. The van der Waals surface area contributed by atoms with Gasteiger partial charge >= 0.3 is 0 Å². The van der Waals surface area contributed by atoms with Gasteiger partial charge in [0.2, 0.25) is 10.0 Å². The number of rotatable bonds is 6. The fourth-order valence-corrected chi connectivity index (χ4v) is 3.63. The summed E-state index contributed by atoms with van der Waals surface area (Å²) in [5, 5.41) is 0. The Kier molecular flexibility index (Phi) is 5.79. The molecule has 0 amide bonds. The van der Waals surface area contributed by atoms with Gasteiger partial charge in [0.25, 0.3) is 0 Å². The third-order valence-corrected chi connectivity index (χ3v) is 5.25. The van der Waals surface area contributed by atoms with Crippen LogP contribution < -0.4 is 5.73 Å². The van der Waals surface area contributed by atoms with E-state index in [1.807, 2.05) is 6.92 Å². The molecule has 2 N–H and O–H groups in total. The van der Waals surface area contributed by atoms with Crippen molar-refractivity contribution in [3.05, 3.63) is 22.2 Å². The minimum absolute atomic E-state index is 0.221. The molecule has 108 valence electrons. The van der Waals surface area contributed by atoms with E-state index in [2.05, 4.69) is 15.9 Å². The fourth-order valence-electron chi connectivity index (χ4n) is 1.57. The Bertz CT molecular complexity index is 546. The van der Waals surface area contributed by atoms with Crippen molar-refractivity contribution in [1.82, 2.24) is 4.31 Å². The highest BCUT2D eigenvalue weighted by Gasteiger charge is 2.23. The Morgan fingerprint density at radius 1 is 1.42 bits per heavy atom. The van der Waals surface area contributed by atoms with Gasteiger partial charge in [-0.1, -0.05) is 15.9 Å². The van der Waals surface area contributed by atoms with Gasteiger partial charge in [0.15, 0.2) is 0 Å². The highest BCUT2D eigenvalue weighted by Crippen LogP contribution is 2.27. The number of nitrogens with two attached hydrogens (primary N) is 1. The Hall–Kier alpha value is -0.630. The predicted octanol–water partition coefficient (Wildman–Crippen LogP) is 2.00. The molecule has 0 saturated carbocycles. The summed E-state index contributed by atoms with van der Waals surface area (Å²) in [5.74, 6) is 0. The van der Waals surface area contributed by atoms with Gasteiger partial charge in [-0.15, -0.1) is 0 Å². The molecule has 0 radical (unpaired) electrons. The molecule has 0 aliphatic heterocycles. The average molecular weight is 351 g/mol. The highest BCUT2D eigenvalue weighted by atomic mass is 79.9. The lowest BCUT2D eigenvalue weighted by Gasteiger charge is -2.19. The van der Waals surface area contributed by atoms with Gasteiger partial charge in [-0.3, -0.25) is 0 Å². The van der Waals surface area contributed by atoms with Crippen molar-refractivity contribution >= 4 is 31.6 Å². The Morgan fingerprint density at radius 2 is 2.05 bits per heavy atom. The van der Waals surface area contributed by atoms with E-state index in [9.17, 15) is 8.42 Å². The molecule has 19 heavy (non-hydrogen) atoms. The number of nitrogens with zero attached hydrogens (tertiary/aromatic N) is 1. The molecule has 0 aromatic heterocycles. The standard InChI is InChI=1S/C12H19BrN2O3S/c1-4-18-6-5-15(3)19(16,17)12-8-10(13)7-11(14)9(12)2/h7-8H,4-6,14H2,1-3H3. The molecule has 0 atom stereocenters. The van der Waals surface area contributed by atoms with Crippen LogP contribution in [0.5, 0.6) is 0 Å². The summed E-state index contributed by atoms with van der Waals surface area (Å²) in [4.78, 5) is 0.221. The molecule has 0 bridgehead atoms. The largest absolute Gasteiger partial charge is 0.398 e. The number of likely N-dealkylation sites (N-methyl/N-ethyl adjacent to an activating group) is 1. The van der Waals surface area contributed by atoms with Crippen molar-refractivity contribution < 1.29 is 13.2 Å². The molecular weight excluding hydrogens is 332 g/mol. The average Bonchev–Trinajstić information content (AvgIpc) is 2.33. The minimum Gasteiger partial charge on any atom is -0.398 e. The monoisotopic (exact) mass is 350 g/mol. The van der Waals surface area contributed by atoms with E-state index in [0.29, 0.717) is 35.5 Å². The second-order valence-electron chi connectivity index (χ2n) is 4.14. The maximum absolute atomic E-state index is 12.4. The van der Waals surface area contributed by atoms with Crippen LogP contribution in [0.1, 0.15) is 12.5 Å². The molecule has 0 unspecified atom stereocenters. The number of nitrogen functional groups attached to an aromatic ring is 1. The number of sulfonamides is 1. The molecule has 7 heteroatoms. The first-order chi connectivity index (χ1) is 8.80.